The Labute approximate surface area is 426 Å². The Kier molecular flexibility index (Phi) is 53.3. The lowest BCUT2D eigenvalue weighted by atomic mass is 10.1. The second-order valence-corrected chi connectivity index (χ2v) is 19.0. The monoisotopic (exact) mass is 971 g/mol. The summed E-state index contributed by atoms with van der Waals surface area (Å²) in [6, 6.07) is -0.654. The van der Waals surface area contributed by atoms with Gasteiger partial charge in [0, 0.05) is 25.8 Å². The van der Waals surface area contributed by atoms with Crippen molar-refractivity contribution in [2.24, 2.45) is 0 Å². The first-order valence-corrected chi connectivity index (χ1v) is 28.7. The highest BCUT2D eigenvalue weighted by molar-refractivity contribution is 5.82. The third-order valence-corrected chi connectivity index (χ3v) is 12.1. The van der Waals surface area contributed by atoms with Gasteiger partial charge in [-0.05, 0) is 123 Å². The van der Waals surface area contributed by atoms with Gasteiger partial charge in [0.2, 0.25) is 5.91 Å². The van der Waals surface area contributed by atoms with E-state index in [-0.39, 0.29) is 56.0 Å². The summed E-state index contributed by atoms with van der Waals surface area (Å²) in [6.07, 6.45) is 50.6. The molecule has 1 amide bonds. The molecule has 0 aliphatic rings. The van der Waals surface area contributed by atoms with E-state index in [4.69, 9.17) is 14.2 Å². The van der Waals surface area contributed by atoms with Crippen LogP contribution in [0.15, 0.2) is 48.6 Å². The Bertz CT molecular complexity index is 1230. The molecule has 0 bridgehead atoms. The van der Waals surface area contributed by atoms with E-state index in [1.807, 2.05) is 27.9 Å². The number of rotatable bonds is 48. The minimum Gasteiger partial charge on any atom is -0.463 e. The molecule has 9 heteroatoms. The summed E-state index contributed by atoms with van der Waals surface area (Å²) < 4.78 is 17.5. The summed E-state index contributed by atoms with van der Waals surface area (Å²) in [5.74, 6) is -1.21. The fourth-order valence-electron chi connectivity index (χ4n) is 7.96. The molecule has 0 aromatic carbocycles. The molecule has 0 aromatic heterocycles. The molecule has 0 saturated heterocycles. The predicted octanol–water partition coefficient (Wildman–Crippen LogP) is 16.3. The SMILES string of the molecule is CC.CCCCC/C=C\C/C=C\CCCCCCCC(=O)OCC(COC(=O)CCCCCCC/C=C\C/C=C\CCCCC)N(CCCN(C)C)C(=O)CCC(=O)OC(CCC)CCCCCC. The predicted molar refractivity (Wildman–Crippen MR) is 293 cm³/mol. The van der Waals surface area contributed by atoms with E-state index in [2.05, 4.69) is 81.2 Å². The lowest BCUT2D eigenvalue weighted by molar-refractivity contribution is -0.155. The van der Waals surface area contributed by atoms with Gasteiger partial charge in [-0.1, -0.05) is 180 Å². The molecule has 402 valence electrons. The smallest absolute Gasteiger partial charge is 0.306 e. The van der Waals surface area contributed by atoms with E-state index >= 15 is 0 Å². The van der Waals surface area contributed by atoms with Crippen LogP contribution in [0.1, 0.15) is 260 Å². The first kappa shape index (κ1) is 67.9. The van der Waals surface area contributed by atoms with E-state index < -0.39 is 6.04 Å². The molecule has 9 nitrogen and oxygen atoms in total. The second kappa shape index (κ2) is 54.1. The van der Waals surface area contributed by atoms with Crippen molar-refractivity contribution in [3.8, 4) is 0 Å². The molecular weight excluding hydrogens is 861 g/mol. The van der Waals surface area contributed by atoms with Crippen LogP contribution in [-0.4, -0.2) is 86.2 Å². The van der Waals surface area contributed by atoms with Crippen LogP contribution < -0.4 is 0 Å². The molecule has 0 N–H and O–H groups in total. The van der Waals surface area contributed by atoms with Crippen molar-refractivity contribution in [2.45, 2.75) is 272 Å². The van der Waals surface area contributed by atoms with E-state index in [0.717, 1.165) is 135 Å². The number of allylic oxidation sites excluding steroid dienone is 8. The number of unbranched alkanes of at least 4 members (excludes halogenated alkanes) is 19. The molecule has 0 radical (unpaired) electrons. The average Bonchev–Trinajstić information content (AvgIpc) is 3.34. The van der Waals surface area contributed by atoms with Crippen molar-refractivity contribution in [3.05, 3.63) is 48.6 Å². The molecule has 0 spiro atoms. The summed E-state index contributed by atoms with van der Waals surface area (Å²) in [5, 5.41) is 0. The van der Waals surface area contributed by atoms with E-state index in [9.17, 15) is 19.2 Å². The Balaban J connectivity index is 0. The zero-order valence-corrected chi connectivity index (χ0v) is 46.4. The highest BCUT2D eigenvalue weighted by Crippen LogP contribution is 2.17. The van der Waals surface area contributed by atoms with Crippen molar-refractivity contribution in [1.29, 1.82) is 0 Å². The molecule has 1 unspecified atom stereocenters. The lowest BCUT2D eigenvalue weighted by Gasteiger charge is -2.32. The number of carbonyl (C=O) groups is 4. The van der Waals surface area contributed by atoms with E-state index in [0.29, 0.717) is 25.8 Å². The molecular formula is C60H110N2O7. The Morgan fingerprint density at radius 3 is 1.29 bits per heavy atom. The highest BCUT2D eigenvalue weighted by Gasteiger charge is 2.27. The van der Waals surface area contributed by atoms with Gasteiger partial charge in [-0.25, -0.2) is 0 Å². The van der Waals surface area contributed by atoms with Crippen molar-refractivity contribution in [2.75, 3.05) is 40.4 Å². The van der Waals surface area contributed by atoms with Crippen molar-refractivity contribution in [3.63, 3.8) is 0 Å². The van der Waals surface area contributed by atoms with Crippen LogP contribution in [0.3, 0.4) is 0 Å². The molecule has 1 atom stereocenters. The number of esters is 3. The van der Waals surface area contributed by atoms with Crippen LogP contribution in [0.4, 0.5) is 0 Å². The first-order valence-electron chi connectivity index (χ1n) is 28.7. The Morgan fingerprint density at radius 2 is 0.841 bits per heavy atom. The fraction of sp³-hybridized carbons (Fsp3) is 0.800. The first-order chi connectivity index (χ1) is 33.7. The van der Waals surface area contributed by atoms with Gasteiger partial charge in [0.05, 0.1) is 12.5 Å². The summed E-state index contributed by atoms with van der Waals surface area (Å²) in [4.78, 5) is 56.9. The Morgan fingerprint density at radius 1 is 0.420 bits per heavy atom. The second-order valence-electron chi connectivity index (χ2n) is 19.0. The summed E-state index contributed by atoms with van der Waals surface area (Å²) in [5.41, 5.74) is 0. The molecule has 0 fully saturated rings. The number of ether oxygens (including phenoxy) is 3. The largest absolute Gasteiger partial charge is 0.463 e. The van der Waals surface area contributed by atoms with Crippen LogP contribution in [0.5, 0.6) is 0 Å². The average molecular weight is 972 g/mol. The molecule has 69 heavy (non-hydrogen) atoms. The minimum absolute atomic E-state index is 0.0220. The standard InChI is InChI=1S/C58H104N2O7.C2H6/c1-7-11-14-17-19-21-23-25-27-29-31-33-35-37-40-45-56(62)65-51-53(52-66-57(63)46-41-38-36-34-32-30-28-26-24-22-20-18-15-12-8-2)60(50-42-49-59(5)6)55(61)47-48-58(64)67-54(43-10-4)44-39-16-13-9-3;1-2/h19-22,25-28,53-54H,7-18,23-24,29-52H2,1-6H3;1-2H3/b21-19-,22-20-,27-25-,28-26-;. The number of hydrogen-bond donors (Lipinski definition) is 0. The molecule has 0 aliphatic heterocycles. The zero-order chi connectivity index (χ0) is 51.3. The fourth-order valence-corrected chi connectivity index (χ4v) is 7.96. The van der Waals surface area contributed by atoms with Gasteiger partial charge in [0.1, 0.15) is 19.3 Å². The lowest BCUT2D eigenvalue weighted by Crippen LogP contribution is -2.47. The van der Waals surface area contributed by atoms with Gasteiger partial charge in [0.15, 0.2) is 0 Å². The van der Waals surface area contributed by atoms with Crippen LogP contribution in [0.25, 0.3) is 0 Å². The molecule has 0 aromatic rings. The minimum atomic E-state index is -0.654. The molecule has 0 saturated carbocycles. The molecule has 0 heterocycles. The topological polar surface area (TPSA) is 102 Å². The van der Waals surface area contributed by atoms with Crippen molar-refractivity contribution < 1.29 is 33.4 Å². The molecule has 0 rings (SSSR count). The maximum atomic E-state index is 14.0. The van der Waals surface area contributed by atoms with E-state index in [1.54, 1.807) is 4.90 Å². The van der Waals surface area contributed by atoms with Gasteiger partial charge in [-0.15, -0.1) is 0 Å². The molecule has 0 aliphatic carbocycles. The summed E-state index contributed by atoms with van der Waals surface area (Å²) >= 11 is 0. The van der Waals surface area contributed by atoms with Gasteiger partial charge < -0.3 is 24.0 Å². The third kappa shape index (κ3) is 48.2. The summed E-state index contributed by atoms with van der Waals surface area (Å²) in [6.45, 7) is 13.7. The van der Waals surface area contributed by atoms with Gasteiger partial charge >= 0.3 is 17.9 Å². The normalized spacial score (nSPS) is 12.1. The van der Waals surface area contributed by atoms with Crippen LogP contribution in [0.2, 0.25) is 0 Å². The number of hydrogen-bond acceptors (Lipinski definition) is 8. The maximum Gasteiger partial charge on any atom is 0.306 e. The van der Waals surface area contributed by atoms with Crippen LogP contribution >= 0.6 is 0 Å². The number of amides is 1. The quantitative estimate of drug-likeness (QED) is 0.0257. The highest BCUT2D eigenvalue weighted by atomic mass is 16.6. The van der Waals surface area contributed by atoms with E-state index in [1.165, 1.54) is 57.8 Å². The van der Waals surface area contributed by atoms with Gasteiger partial charge in [-0.2, -0.15) is 0 Å². The maximum absolute atomic E-state index is 14.0. The van der Waals surface area contributed by atoms with Crippen LogP contribution in [-0.2, 0) is 33.4 Å². The number of carbonyl (C=O) groups excluding carboxylic acids is 4. The van der Waals surface area contributed by atoms with Crippen molar-refractivity contribution >= 4 is 23.8 Å². The third-order valence-electron chi connectivity index (χ3n) is 12.1. The number of nitrogens with zero attached hydrogens (tertiary/aromatic N) is 2. The Hall–Kier alpha value is -3.20. The van der Waals surface area contributed by atoms with Crippen LogP contribution in [0, 0.1) is 0 Å². The summed E-state index contributed by atoms with van der Waals surface area (Å²) in [7, 11) is 3.97. The van der Waals surface area contributed by atoms with Gasteiger partial charge in [-0.3, -0.25) is 19.2 Å². The zero-order valence-electron chi connectivity index (χ0n) is 46.4. The van der Waals surface area contributed by atoms with Crippen molar-refractivity contribution in [1.82, 2.24) is 9.80 Å². The van der Waals surface area contributed by atoms with Gasteiger partial charge in [0.25, 0.3) is 0 Å².